The molecular formula is C11H14O2. The van der Waals surface area contributed by atoms with E-state index in [2.05, 4.69) is 6.58 Å². The normalized spacial score (nSPS) is 13.4. The molecule has 0 heterocycles. The van der Waals surface area contributed by atoms with Gasteiger partial charge in [0.05, 0.1) is 0 Å². The van der Waals surface area contributed by atoms with Crippen LogP contribution in [0, 0.1) is 0 Å². The molecule has 2 heteroatoms. The fourth-order valence-electron chi connectivity index (χ4n) is 0.663. The van der Waals surface area contributed by atoms with Gasteiger partial charge >= 0.3 is 5.97 Å². The first kappa shape index (κ1) is 11.4. The van der Waals surface area contributed by atoms with Crippen LogP contribution in [0.2, 0.25) is 0 Å². The van der Waals surface area contributed by atoms with E-state index in [1.54, 1.807) is 25.2 Å². The number of hydrogen-bond acceptors (Lipinski definition) is 1. The summed E-state index contributed by atoms with van der Waals surface area (Å²) in [5, 5.41) is 8.40. The van der Waals surface area contributed by atoms with Crippen LogP contribution in [-0.4, -0.2) is 11.1 Å². The van der Waals surface area contributed by atoms with Crippen molar-refractivity contribution >= 4 is 5.97 Å². The molecule has 0 saturated heterocycles. The quantitative estimate of drug-likeness (QED) is 0.531. The third-order valence-corrected chi connectivity index (χ3v) is 1.39. The lowest BCUT2D eigenvalue weighted by atomic mass is 10.2. The van der Waals surface area contributed by atoms with Crippen molar-refractivity contribution in [2.24, 2.45) is 0 Å². The summed E-state index contributed by atoms with van der Waals surface area (Å²) in [5.74, 6) is -0.924. The first-order chi connectivity index (χ1) is 6.06. The zero-order chi connectivity index (χ0) is 10.3. The maximum atomic E-state index is 10.2. The van der Waals surface area contributed by atoms with Crippen molar-refractivity contribution in [3.63, 3.8) is 0 Å². The molecule has 13 heavy (non-hydrogen) atoms. The second-order valence-corrected chi connectivity index (χ2v) is 2.70. The maximum Gasteiger partial charge on any atom is 0.328 e. The zero-order valence-corrected chi connectivity index (χ0v) is 7.95. The molecule has 0 bridgehead atoms. The summed E-state index contributed by atoms with van der Waals surface area (Å²) in [4.78, 5) is 10.2. The molecule has 0 aromatic heterocycles. The lowest BCUT2D eigenvalue weighted by Gasteiger charge is -1.88. The molecule has 70 valence electrons. The predicted octanol–water partition coefficient (Wildman–Crippen LogP) is 2.71. The van der Waals surface area contributed by atoms with Gasteiger partial charge in [-0.3, -0.25) is 0 Å². The Kier molecular flexibility index (Phi) is 5.28. The van der Waals surface area contributed by atoms with Gasteiger partial charge in [-0.25, -0.2) is 4.79 Å². The Bertz CT molecular complexity index is 280. The van der Waals surface area contributed by atoms with E-state index in [-0.39, 0.29) is 0 Å². The Hall–Kier alpha value is -1.57. The van der Waals surface area contributed by atoms with E-state index in [4.69, 9.17) is 5.11 Å². The molecule has 0 rings (SSSR count). The van der Waals surface area contributed by atoms with Crippen LogP contribution in [0.5, 0.6) is 0 Å². The first-order valence-corrected chi connectivity index (χ1v) is 3.95. The van der Waals surface area contributed by atoms with E-state index in [1.807, 2.05) is 13.0 Å². The highest BCUT2D eigenvalue weighted by molar-refractivity contribution is 5.81. The van der Waals surface area contributed by atoms with Gasteiger partial charge in [0.25, 0.3) is 0 Å². The van der Waals surface area contributed by atoms with Crippen LogP contribution in [0.1, 0.15) is 13.8 Å². The van der Waals surface area contributed by atoms with E-state index in [0.717, 1.165) is 11.6 Å². The van der Waals surface area contributed by atoms with Crippen LogP contribution in [0.3, 0.4) is 0 Å². The van der Waals surface area contributed by atoms with Crippen molar-refractivity contribution in [2.75, 3.05) is 0 Å². The Labute approximate surface area is 78.6 Å². The van der Waals surface area contributed by atoms with Gasteiger partial charge in [0.2, 0.25) is 0 Å². The average Bonchev–Trinajstić information content (AvgIpc) is 2.02. The minimum absolute atomic E-state index is 0.709. The number of carboxylic acids is 1. The van der Waals surface area contributed by atoms with Crippen LogP contribution in [0.4, 0.5) is 0 Å². The molecule has 0 saturated carbocycles. The highest BCUT2D eigenvalue weighted by atomic mass is 16.4. The monoisotopic (exact) mass is 178 g/mol. The molecule has 0 aromatic rings. The van der Waals surface area contributed by atoms with Gasteiger partial charge in [0.1, 0.15) is 0 Å². The Balaban J connectivity index is 4.28. The molecule has 0 aromatic carbocycles. The molecule has 0 spiro atoms. The summed E-state index contributed by atoms with van der Waals surface area (Å²) in [6, 6.07) is 0. The van der Waals surface area contributed by atoms with Crippen molar-refractivity contribution in [1.82, 2.24) is 0 Å². The lowest BCUT2D eigenvalue weighted by Crippen LogP contribution is -1.87. The van der Waals surface area contributed by atoms with E-state index >= 15 is 0 Å². The highest BCUT2D eigenvalue weighted by Gasteiger charge is 1.87. The molecule has 0 atom stereocenters. The van der Waals surface area contributed by atoms with Crippen molar-refractivity contribution < 1.29 is 9.90 Å². The van der Waals surface area contributed by atoms with E-state index < -0.39 is 5.97 Å². The molecule has 0 aliphatic heterocycles. The van der Waals surface area contributed by atoms with Gasteiger partial charge in [-0.1, -0.05) is 36.5 Å². The van der Waals surface area contributed by atoms with Gasteiger partial charge in [-0.15, -0.1) is 0 Å². The molecule has 2 nitrogen and oxygen atoms in total. The van der Waals surface area contributed by atoms with Crippen LogP contribution < -0.4 is 0 Å². The van der Waals surface area contributed by atoms with Crippen molar-refractivity contribution in [2.45, 2.75) is 13.8 Å². The van der Waals surface area contributed by atoms with Crippen LogP contribution >= 0.6 is 0 Å². The SMILES string of the molecule is C=CC(C)=CC=CC(C)=CC(=O)O. The van der Waals surface area contributed by atoms with Gasteiger partial charge < -0.3 is 5.11 Å². The Morgan fingerprint density at radius 2 is 1.92 bits per heavy atom. The molecule has 0 radical (unpaired) electrons. The van der Waals surface area contributed by atoms with E-state index in [0.29, 0.717) is 5.57 Å². The van der Waals surface area contributed by atoms with Gasteiger partial charge in [-0.2, -0.15) is 0 Å². The van der Waals surface area contributed by atoms with Crippen molar-refractivity contribution in [3.05, 3.63) is 48.1 Å². The molecule has 1 N–H and O–H groups in total. The number of rotatable bonds is 4. The summed E-state index contributed by atoms with van der Waals surface area (Å²) in [6.45, 7) is 7.26. The third-order valence-electron chi connectivity index (χ3n) is 1.39. The standard InChI is InChI=1S/C11H14O2/c1-4-9(2)6-5-7-10(3)8-11(12)13/h4-8H,1H2,2-3H3,(H,12,13). The molecular weight excluding hydrogens is 164 g/mol. The second kappa shape index (κ2) is 6.00. The maximum absolute atomic E-state index is 10.2. The van der Waals surface area contributed by atoms with E-state index in [9.17, 15) is 4.79 Å². The summed E-state index contributed by atoms with van der Waals surface area (Å²) < 4.78 is 0. The molecule has 0 aliphatic rings. The number of carbonyl (C=O) groups is 1. The molecule has 0 aliphatic carbocycles. The third kappa shape index (κ3) is 6.81. The van der Waals surface area contributed by atoms with Crippen molar-refractivity contribution in [3.8, 4) is 0 Å². The number of allylic oxidation sites excluding steroid dienone is 6. The molecule has 0 unspecified atom stereocenters. The van der Waals surface area contributed by atoms with Crippen LogP contribution in [-0.2, 0) is 4.79 Å². The summed E-state index contributed by atoms with van der Waals surface area (Å²) in [5.41, 5.74) is 1.75. The largest absolute Gasteiger partial charge is 0.478 e. The smallest absolute Gasteiger partial charge is 0.328 e. The van der Waals surface area contributed by atoms with Crippen molar-refractivity contribution in [1.29, 1.82) is 0 Å². The average molecular weight is 178 g/mol. The Morgan fingerprint density at radius 1 is 1.31 bits per heavy atom. The lowest BCUT2D eigenvalue weighted by molar-refractivity contribution is -0.131. The summed E-state index contributed by atoms with van der Waals surface area (Å²) in [6.07, 6.45) is 8.30. The zero-order valence-electron chi connectivity index (χ0n) is 7.95. The first-order valence-electron chi connectivity index (χ1n) is 3.95. The highest BCUT2D eigenvalue weighted by Crippen LogP contribution is 1.97. The van der Waals surface area contributed by atoms with Gasteiger partial charge in [-0.05, 0) is 19.4 Å². The van der Waals surface area contributed by atoms with Gasteiger partial charge in [0, 0.05) is 6.08 Å². The molecule has 0 fully saturated rings. The van der Waals surface area contributed by atoms with Gasteiger partial charge in [0.15, 0.2) is 0 Å². The number of hydrogen-bond donors (Lipinski definition) is 1. The number of aliphatic carboxylic acids is 1. The summed E-state index contributed by atoms with van der Waals surface area (Å²) in [7, 11) is 0. The minimum atomic E-state index is -0.924. The molecule has 0 amide bonds. The minimum Gasteiger partial charge on any atom is -0.478 e. The topological polar surface area (TPSA) is 37.3 Å². The fourth-order valence-corrected chi connectivity index (χ4v) is 0.663. The predicted molar refractivity (Wildman–Crippen MR) is 54.5 cm³/mol. The second-order valence-electron chi connectivity index (χ2n) is 2.70. The van der Waals surface area contributed by atoms with Crippen LogP contribution in [0.15, 0.2) is 48.1 Å². The van der Waals surface area contributed by atoms with E-state index in [1.165, 1.54) is 0 Å². The fraction of sp³-hybridized carbons (Fsp3) is 0.182. The van der Waals surface area contributed by atoms with Crippen LogP contribution in [0.25, 0.3) is 0 Å². The number of carboxylic acid groups (broad SMARTS) is 1. The summed E-state index contributed by atoms with van der Waals surface area (Å²) >= 11 is 0. The Morgan fingerprint density at radius 3 is 2.38 bits per heavy atom.